The number of nitrogens with one attached hydrogen (secondary N) is 1. The lowest BCUT2D eigenvalue weighted by Gasteiger charge is -2.15. The number of carbonyl (C=O) groups is 1. The number of aromatic nitrogens is 5. The van der Waals surface area contributed by atoms with Gasteiger partial charge in [0.2, 0.25) is 0 Å². The average Bonchev–Trinajstić information content (AvgIpc) is 3.40. The molecule has 1 N–H and O–H groups in total. The minimum atomic E-state index is -3.87. The van der Waals surface area contributed by atoms with Crippen LogP contribution in [0.3, 0.4) is 0 Å². The molecular formula is C25H23N5O3S. The van der Waals surface area contributed by atoms with Gasteiger partial charge in [-0.2, -0.15) is 0 Å². The van der Waals surface area contributed by atoms with E-state index in [9.17, 15) is 13.2 Å². The Kier molecular flexibility index (Phi) is 4.91. The van der Waals surface area contributed by atoms with Crippen LogP contribution in [-0.4, -0.2) is 38.1 Å². The minimum absolute atomic E-state index is 0.0567. The highest BCUT2D eigenvalue weighted by Crippen LogP contribution is 2.33. The highest BCUT2D eigenvalue weighted by molar-refractivity contribution is 7.90. The topological polar surface area (TPSA) is 111 Å². The molecule has 0 fully saturated rings. The van der Waals surface area contributed by atoms with Crippen molar-refractivity contribution in [3.8, 4) is 11.3 Å². The number of nitrogens with zero attached hydrogens (tertiary/aromatic N) is 4. The maximum atomic E-state index is 13.5. The molecule has 0 spiro atoms. The first-order chi connectivity index (χ1) is 16.1. The van der Waals surface area contributed by atoms with E-state index in [2.05, 4.69) is 15.0 Å². The summed E-state index contributed by atoms with van der Waals surface area (Å²) < 4.78 is 28.2. The van der Waals surface area contributed by atoms with Crippen LogP contribution in [0.1, 0.15) is 36.7 Å². The van der Waals surface area contributed by atoms with Gasteiger partial charge in [-0.15, -0.1) is 0 Å². The Morgan fingerprint density at radius 2 is 1.79 bits per heavy atom. The number of fused-ring (bicyclic) bond motifs is 2. The molecule has 0 radical (unpaired) electrons. The van der Waals surface area contributed by atoms with Gasteiger partial charge in [0.25, 0.3) is 10.0 Å². The Balaban J connectivity index is 1.72. The first-order valence-electron chi connectivity index (χ1n) is 10.7. The molecule has 4 aromatic heterocycles. The van der Waals surface area contributed by atoms with Crippen LogP contribution >= 0.6 is 0 Å². The summed E-state index contributed by atoms with van der Waals surface area (Å²) in [4.78, 5) is 29.4. The number of Topliss-reactive ketones (excluding diaryl/α,β-unsaturated/α-hetero) is 1. The van der Waals surface area contributed by atoms with Gasteiger partial charge >= 0.3 is 0 Å². The van der Waals surface area contributed by atoms with E-state index < -0.39 is 15.4 Å². The predicted octanol–water partition coefficient (Wildman–Crippen LogP) is 4.75. The van der Waals surface area contributed by atoms with Crippen molar-refractivity contribution >= 4 is 37.9 Å². The summed E-state index contributed by atoms with van der Waals surface area (Å²) in [6, 6.07) is 8.44. The number of hydrogen-bond acceptors (Lipinski definition) is 6. The molecule has 5 rings (SSSR count). The van der Waals surface area contributed by atoms with Crippen molar-refractivity contribution in [3.63, 3.8) is 0 Å². The molecule has 8 nitrogen and oxygen atoms in total. The molecule has 9 heteroatoms. The highest BCUT2D eigenvalue weighted by Gasteiger charge is 2.27. The maximum absolute atomic E-state index is 13.5. The zero-order chi connectivity index (χ0) is 24.3. The van der Waals surface area contributed by atoms with Gasteiger partial charge in [-0.05, 0) is 25.1 Å². The van der Waals surface area contributed by atoms with Gasteiger partial charge in [-0.25, -0.2) is 22.4 Å². The third-order valence-electron chi connectivity index (χ3n) is 5.73. The number of hydrogen-bond donors (Lipinski definition) is 1. The number of aryl methyl sites for hydroxylation is 1. The fourth-order valence-electron chi connectivity index (χ4n) is 3.87. The third kappa shape index (κ3) is 3.49. The maximum Gasteiger partial charge on any atom is 0.268 e. The molecule has 0 aliphatic rings. The van der Waals surface area contributed by atoms with Crippen LogP contribution in [0.5, 0.6) is 0 Å². The van der Waals surface area contributed by atoms with Crippen molar-refractivity contribution in [2.75, 3.05) is 0 Å². The quantitative estimate of drug-likeness (QED) is 0.377. The summed E-state index contributed by atoms with van der Waals surface area (Å²) in [6.07, 6.45) is 7.85. The zero-order valence-corrected chi connectivity index (χ0v) is 20.0. The van der Waals surface area contributed by atoms with Crippen molar-refractivity contribution in [1.29, 1.82) is 0 Å². The summed E-state index contributed by atoms with van der Waals surface area (Å²) in [5.41, 5.74) is 3.25. The van der Waals surface area contributed by atoms with Crippen LogP contribution in [0.4, 0.5) is 0 Å². The number of benzene rings is 1. The van der Waals surface area contributed by atoms with Crippen LogP contribution in [-0.2, 0) is 10.0 Å². The van der Waals surface area contributed by atoms with Crippen LogP contribution in [0.15, 0.2) is 66.2 Å². The van der Waals surface area contributed by atoms with Crippen LogP contribution < -0.4 is 0 Å². The molecule has 0 unspecified atom stereocenters. The lowest BCUT2D eigenvalue weighted by atomic mass is 9.87. The van der Waals surface area contributed by atoms with E-state index in [4.69, 9.17) is 4.98 Å². The fourth-order valence-corrected chi connectivity index (χ4v) is 5.23. The van der Waals surface area contributed by atoms with Gasteiger partial charge < -0.3 is 4.98 Å². The highest BCUT2D eigenvalue weighted by atomic mass is 32.2. The van der Waals surface area contributed by atoms with Crippen molar-refractivity contribution in [2.45, 2.75) is 32.6 Å². The molecule has 0 amide bonds. The van der Waals surface area contributed by atoms with E-state index in [0.717, 1.165) is 5.56 Å². The Hall–Kier alpha value is -3.85. The second-order valence-corrected chi connectivity index (χ2v) is 11.1. The van der Waals surface area contributed by atoms with Crippen molar-refractivity contribution < 1.29 is 13.2 Å². The average molecular weight is 474 g/mol. The lowest BCUT2D eigenvalue weighted by molar-refractivity contribution is 0.0860. The van der Waals surface area contributed by atoms with E-state index in [1.54, 1.807) is 48.9 Å². The lowest BCUT2D eigenvalue weighted by Crippen LogP contribution is -2.20. The molecule has 0 saturated heterocycles. The molecular weight excluding hydrogens is 450 g/mol. The van der Waals surface area contributed by atoms with Gasteiger partial charge in [0, 0.05) is 35.0 Å². The monoisotopic (exact) mass is 473 g/mol. The molecule has 0 aliphatic carbocycles. The molecule has 0 aliphatic heterocycles. The first kappa shape index (κ1) is 22.0. The van der Waals surface area contributed by atoms with Crippen molar-refractivity contribution in [3.05, 3.63) is 72.4 Å². The van der Waals surface area contributed by atoms with Crippen LogP contribution in [0, 0.1) is 12.3 Å². The molecule has 34 heavy (non-hydrogen) atoms. The van der Waals surface area contributed by atoms with E-state index >= 15 is 0 Å². The first-order valence-corrected chi connectivity index (χ1v) is 12.2. The van der Waals surface area contributed by atoms with E-state index in [1.165, 1.54) is 16.4 Å². The van der Waals surface area contributed by atoms with E-state index in [-0.39, 0.29) is 10.7 Å². The number of ketones is 1. The van der Waals surface area contributed by atoms with Gasteiger partial charge in [0.05, 0.1) is 34.1 Å². The number of aromatic amines is 1. The number of pyridine rings is 1. The summed E-state index contributed by atoms with van der Waals surface area (Å²) in [6.45, 7) is 7.45. The predicted molar refractivity (Wildman–Crippen MR) is 130 cm³/mol. The second kappa shape index (κ2) is 7.59. The minimum Gasteiger partial charge on any atom is -0.344 e. The van der Waals surface area contributed by atoms with Crippen LogP contribution in [0.25, 0.3) is 33.3 Å². The van der Waals surface area contributed by atoms with Crippen LogP contribution in [0.2, 0.25) is 0 Å². The Labute approximate surface area is 196 Å². The van der Waals surface area contributed by atoms with E-state index in [1.807, 2.05) is 27.7 Å². The molecule has 0 saturated carbocycles. The molecule has 4 heterocycles. The largest absolute Gasteiger partial charge is 0.344 e. The van der Waals surface area contributed by atoms with Crippen molar-refractivity contribution in [2.24, 2.45) is 5.41 Å². The normalized spacial score (nSPS) is 12.5. The fraction of sp³-hybridized carbons (Fsp3) is 0.200. The van der Waals surface area contributed by atoms with Gasteiger partial charge in [0.1, 0.15) is 5.52 Å². The molecule has 5 aromatic rings. The smallest absolute Gasteiger partial charge is 0.268 e. The third-order valence-corrected chi connectivity index (χ3v) is 7.42. The molecule has 1 aromatic carbocycles. The standard InChI is InChI=1S/C25H23N5O3S/c1-15-5-7-16(8-6-15)34(32,33)30-14-19(17-9-10-26-13-21(17)30)20-12-28-24-22(29-20)18(11-27-24)23(31)25(2,3)4/h5-14H,1-4H3,(H,27,28). The Morgan fingerprint density at radius 3 is 2.50 bits per heavy atom. The summed E-state index contributed by atoms with van der Waals surface area (Å²) >= 11 is 0. The van der Waals surface area contributed by atoms with E-state index in [0.29, 0.717) is 38.9 Å². The summed E-state index contributed by atoms with van der Waals surface area (Å²) in [7, 11) is -3.87. The zero-order valence-electron chi connectivity index (χ0n) is 19.2. The second-order valence-electron chi connectivity index (χ2n) is 9.28. The molecule has 172 valence electrons. The summed E-state index contributed by atoms with van der Waals surface area (Å²) in [5.74, 6) is -0.0567. The number of H-pyrrole nitrogens is 1. The Morgan fingerprint density at radius 1 is 1.06 bits per heavy atom. The summed E-state index contributed by atoms with van der Waals surface area (Å²) in [5, 5.41) is 0.665. The molecule has 0 atom stereocenters. The number of rotatable bonds is 4. The van der Waals surface area contributed by atoms with Gasteiger partial charge in [-0.3, -0.25) is 9.78 Å². The van der Waals surface area contributed by atoms with Gasteiger partial charge in [0.15, 0.2) is 11.4 Å². The Bertz CT molecular complexity index is 1670. The van der Waals surface area contributed by atoms with Crippen molar-refractivity contribution in [1.82, 2.24) is 23.9 Å². The van der Waals surface area contributed by atoms with Gasteiger partial charge in [-0.1, -0.05) is 38.5 Å². The SMILES string of the molecule is Cc1ccc(S(=O)(=O)n2cc(-c3cnc4[nH]cc(C(=O)C(C)(C)C)c4n3)c3ccncc32)cc1. The number of carbonyl (C=O) groups excluding carboxylic acids is 1. The molecule has 0 bridgehead atoms.